The van der Waals surface area contributed by atoms with Crippen LogP contribution >= 0.6 is 0 Å². The average molecular weight is 209 g/mol. The van der Waals surface area contributed by atoms with Crippen molar-refractivity contribution < 1.29 is 14.2 Å². The van der Waals surface area contributed by atoms with Crippen LogP contribution in [0.2, 0.25) is 0 Å². The van der Waals surface area contributed by atoms with Crippen molar-refractivity contribution >= 4 is 5.69 Å². The standard InChI is InChI=1S/C11H15NO3/c1-13-10-4-3-8(7-9(10)12)11-14-5-2-6-15-11/h3-4,7,11H,2,5-6,12H2,1H3. The van der Waals surface area contributed by atoms with E-state index in [9.17, 15) is 0 Å². The Bertz CT molecular complexity index is 335. The number of anilines is 1. The van der Waals surface area contributed by atoms with Gasteiger partial charge < -0.3 is 19.9 Å². The number of benzene rings is 1. The zero-order valence-electron chi connectivity index (χ0n) is 8.73. The molecule has 1 heterocycles. The van der Waals surface area contributed by atoms with Gasteiger partial charge in [0.1, 0.15) is 5.75 Å². The van der Waals surface area contributed by atoms with Crippen LogP contribution in [0.4, 0.5) is 5.69 Å². The van der Waals surface area contributed by atoms with E-state index >= 15 is 0 Å². The van der Waals surface area contributed by atoms with Crippen molar-refractivity contribution in [3.05, 3.63) is 23.8 Å². The second-order valence-electron chi connectivity index (χ2n) is 3.43. The molecule has 1 aromatic carbocycles. The maximum atomic E-state index is 5.80. The highest BCUT2D eigenvalue weighted by Crippen LogP contribution is 2.28. The van der Waals surface area contributed by atoms with E-state index in [4.69, 9.17) is 19.9 Å². The SMILES string of the molecule is COc1ccc(C2OCCCO2)cc1N. The maximum absolute atomic E-state index is 5.80. The van der Waals surface area contributed by atoms with Crippen molar-refractivity contribution in [2.75, 3.05) is 26.1 Å². The monoisotopic (exact) mass is 209 g/mol. The number of ether oxygens (including phenoxy) is 3. The molecule has 0 bridgehead atoms. The van der Waals surface area contributed by atoms with Crippen LogP contribution in [-0.2, 0) is 9.47 Å². The van der Waals surface area contributed by atoms with E-state index in [1.54, 1.807) is 7.11 Å². The quantitative estimate of drug-likeness (QED) is 0.753. The van der Waals surface area contributed by atoms with Gasteiger partial charge >= 0.3 is 0 Å². The molecular formula is C11H15NO3. The summed E-state index contributed by atoms with van der Waals surface area (Å²) in [7, 11) is 1.60. The lowest BCUT2D eigenvalue weighted by molar-refractivity contribution is -0.183. The van der Waals surface area contributed by atoms with E-state index in [1.165, 1.54) is 0 Å². The first-order valence-electron chi connectivity index (χ1n) is 4.98. The number of rotatable bonds is 2. The van der Waals surface area contributed by atoms with E-state index in [2.05, 4.69) is 0 Å². The molecule has 0 amide bonds. The molecule has 0 atom stereocenters. The van der Waals surface area contributed by atoms with Gasteiger partial charge in [-0.05, 0) is 18.6 Å². The molecule has 4 heteroatoms. The zero-order valence-corrected chi connectivity index (χ0v) is 8.73. The van der Waals surface area contributed by atoms with Gasteiger partial charge in [0.05, 0.1) is 26.0 Å². The third-order valence-corrected chi connectivity index (χ3v) is 2.35. The minimum absolute atomic E-state index is 0.285. The van der Waals surface area contributed by atoms with Gasteiger partial charge in [-0.15, -0.1) is 0 Å². The third-order valence-electron chi connectivity index (χ3n) is 2.35. The normalized spacial score (nSPS) is 17.7. The summed E-state index contributed by atoms with van der Waals surface area (Å²) in [6.45, 7) is 1.47. The van der Waals surface area contributed by atoms with Gasteiger partial charge in [-0.3, -0.25) is 0 Å². The Morgan fingerprint density at radius 1 is 1.33 bits per heavy atom. The summed E-state index contributed by atoms with van der Waals surface area (Å²) in [4.78, 5) is 0. The lowest BCUT2D eigenvalue weighted by Gasteiger charge is -2.23. The van der Waals surface area contributed by atoms with Gasteiger partial charge in [0.2, 0.25) is 0 Å². The smallest absolute Gasteiger partial charge is 0.183 e. The van der Waals surface area contributed by atoms with Crippen molar-refractivity contribution in [2.45, 2.75) is 12.7 Å². The van der Waals surface area contributed by atoms with Gasteiger partial charge in [0, 0.05) is 5.56 Å². The topological polar surface area (TPSA) is 53.7 Å². The van der Waals surface area contributed by atoms with E-state index in [-0.39, 0.29) is 6.29 Å². The molecule has 4 nitrogen and oxygen atoms in total. The number of hydrogen-bond acceptors (Lipinski definition) is 4. The molecule has 1 aromatic rings. The molecular weight excluding hydrogens is 194 g/mol. The summed E-state index contributed by atoms with van der Waals surface area (Å²) in [5, 5.41) is 0. The first-order valence-corrected chi connectivity index (χ1v) is 4.98. The van der Waals surface area contributed by atoms with E-state index in [1.807, 2.05) is 18.2 Å². The van der Waals surface area contributed by atoms with Crippen molar-refractivity contribution in [2.24, 2.45) is 0 Å². The van der Waals surface area contributed by atoms with Crippen molar-refractivity contribution in [3.8, 4) is 5.75 Å². The Morgan fingerprint density at radius 2 is 2.07 bits per heavy atom. The fourth-order valence-corrected chi connectivity index (χ4v) is 1.58. The third kappa shape index (κ3) is 2.22. The number of nitrogens with two attached hydrogens (primary N) is 1. The molecule has 1 aliphatic heterocycles. The fourth-order valence-electron chi connectivity index (χ4n) is 1.58. The molecule has 2 rings (SSSR count). The Morgan fingerprint density at radius 3 is 2.67 bits per heavy atom. The zero-order chi connectivity index (χ0) is 10.7. The van der Waals surface area contributed by atoms with Crippen LogP contribution in [0, 0.1) is 0 Å². The summed E-state index contributed by atoms with van der Waals surface area (Å²) >= 11 is 0. The van der Waals surface area contributed by atoms with Gasteiger partial charge in [0.15, 0.2) is 6.29 Å². The molecule has 0 spiro atoms. The van der Waals surface area contributed by atoms with Gasteiger partial charge in [0.25, 0.3) is 0 Å². The van der Waals surface area contributed by atoms with Gasteiger partial charge in [-0.25, -0.2) is 0 Å². The highest BCUT2D eigenvalue weighted by atomic mass is 16.7. The molecule has 2 N–H and O–H groups in total. The molecule has 15 heavy (non-hydrogen) atoms. The van der Waals surface area contributed by atoms with E-state index in [0.29, 0.717) is 11.4 Å². The second kappa shape index (κ2) is 4.51. The van der Waals surface area contributed by atoms with Crippen molar-refractivity contribution in [1.82, 2.24) is 0 Å². The van der Waals surface area contributed by atoms with Crippen LogP contribution in [0.15, 0.2) is 18.2 Å². The van der Waals surface area contributed by atoms with Crippen LogP contribution in [0.5, 0.6) is 5.75 Å². The lowest BCUT2D eigenvalue weighted by atomic mass is 10.1. The Balaban J connectivity index is 2.17. The highest BCUT2D eigenvalue weighted by Gasteiger charge is 2.17. The minimum atomic E-state index is -0.285. The highest BCUT2D eigenvalue weighted by molar-refractivity contribution is 5.54. The fraction of sp³-hybridized carbons (Fsp3) is 0.455. The van der Waals surface area contributed by atoms with Crippen molar-refractivity contribution in [3.63, 3.8) is 0 Å². The predicted molar refractivity (Wildman–Crippen MR) is 56.7 cm³/mol. The second-order valence-corrected chi connectivity index (χ2v) is 3.43. The van der Waals surface area contributed by atoms with Crippen LogP contribution in [-0.4, -0.2) is 20.3 Å². The Hall–Kier alpha value is -1.26. The number of methoxy groups -OCH3 is 1. The van der Waals surface area contributed by atoms with Crippen LogP contribution in [0.1, 0.15) is 18.3 Å². The lowest BCUT2D eigenvalue weighted by Crippen LogP contribution is -2.17. The average Bonchev–Trinajstić information content (AvgIpc) is 2.30. The van der Waals surface area contributed by atoms with Crippen LogP contribution in [0.25, 0.3) is 0 Å². The maximum Gasteiger partial charge on any atom is 0.183 e. The van der Waals surface area contributed by atoms with Crippen LogP contribution in [0.3, 0.4) is 0 Å². The molecule has 1 aliphatic rings. The molecule has 0 saturated carbocycles. The number of hydrogen-bond donors (Lipinski definition) is 1. The van der Waals surface area contributed by atoms with E-state index < -0.39 is 0 Å². The summed E-state index contributed by atoms with van der Waals surface area (Å²) < 4.78 is 16.0. The Kier molecular flexibility index (Phi) is 3.08. The summed E-state index contributed by atoms with van der Waals surface area (Å²) in [5.41, 5.74) is 7.34. The number of nitrogen functional groups attached to an aromatic ring is 1. The molecule has 0 radical (unpaired) electrons. The Labute approximate surface area is 88.9 Å². The first-order chi connectivity index (χ1) is 7.31. The van der Waals surface area contributed by atoms with Gasteiger partial charge in [-0.2, -0.15) is 0 Å². The molecule has 0 unspecified atom stereocenters. The van der Waals surface area contributed by atoms with Gasteiger partial charge in [-0.1, -0.05) is 6.07 Å². The molecule has 82 valence electrons. The van der Waals surface area contributed by atoms with Crippen molar-refractivity contribution in [1.29, 1.82) is 0 Å². The molecule has 1 saturated heterocycles. The van der Waals surface area contributed by atoms with E-state index in [0.717, 1.165) is 25.2 Å². The predicted octanol–water partition coefficient (Wildman–Crippen LogP) is 1.71. The first kappa shape index (κ1) is 10.3. The summed E-state index contributed by atoms with van der Waals surface area (Å²) in [6, 6.07) is 5.56. The summed E-state index contributed by atoms with van der Waals surface area (Å²) in [5.74, 6) is 0.676. The summed E-state index contributed by atoms with van der Waals surface area (Å²) in [6.07, 6.45) is 0.661. The largest absolute Gasteiger partial charge is 0.495 e. The molecule has 1 fully saturated rings. The minimum Gasteiger partial charge on any atom is -0.495 e. The molecule has 0 aromatic heterocycles. The molecule has 0 aliphatic carbocycles. The van der Waals surface area contributed by atoms with Crippen LogP contribution < -0.4 is 10.5 Å².